The molecule has 0 aliphatic carbocycles. The Morgan fingerprint density at radius 2 is 1.73 bits per heavy atom. The van der Waals surface area contributed by atoms with E-state index in [0.717, 1.165) is 0 Å². The molecule has 3 aromatic rings. The molecule has 1 amide bonds. The van der Waals surface area contributed by atoms with Gasteiger partial charge in [-0.2, -0.15) is 0 Å². The molecule has 0 spiro atoms. The zero-order chi connectivity index (χ0) is 21.7. The van der Waals surface area contributed by atoms with Gasteiger partial charge in [0.15, 0.2) is 23.8 Å². The first-order chi connectivity index (χ1) is 14.4. The third-order valence-corrected chi connectivity index (χ3v) is 4.37. The van der Waals surface area contributed by atoms with Gasteiger partial charge in [-0.15, -0.1) is 0 Å². The van der Waals surface area contributed by atoms with Crippen molar-refractivity contribution in [1.82, 2.24) is 4.98 Å². The molecule has 30 heavy (non-hydrogen) atoms. The second-order valence-corrected chi connectivity index (χ2v) is 6.51. The zero-order valence-electron chi connectivity index (χ0n) is 16.5. The Labute approximate surface area is 177 Å². The second-order valence-electron chi connectivity index (χ2n) is 6.07. The van der Waals surface area contributed by atoms with Crippen LogP contribution in [0.4, 0.5) is 5.69 Å². The predicted octanol–water partition coefficient (Wildman–Crippen LogP) is 3.71. The molecule has 0 unspecified atom stereocenters. The van der Waals surface area contributed by atoms with Gasteiger partial charge in [0, 0.05) is 28.2 Å². The zero-order valence-corrected chi connectivity index (χ0v) is 17.3. The summed E-state index contributed by atoms with van der Waals surface area (Å²) in [5.74, 6) is 0.111. The highest BCUT2D eigenvalue weighted by Gasteiger charge is 2.17. The number of halogens is 1. The summed E-state index contributed by atoms with van der Waals surface area (Å²) in [4.78, 5) is 28.6. The highest BCUT2D eigenvalue weighted by atomic mass is 35.5. The number of hydrogen-bond acceptors (Lipinski definition) is 7. The van der Waals surface area contributed by atoms with E-state index in [2.05, 4.69) is 10.3 Å². The molecule has 0 saturated carbocycles. The molecule has 8 nitrogen and oxygen atoms in total. The van der Waals surface area contributed by atoms with Gasteiger partial charge in [-0.25, -0.2) is 9.78 Å². The van der Waals surface area contributed by atoms with Gasteiger partial charge in [-0.3, -0.25) is 4.79 Å². The average Bonchev–Trinajstić information content (AvgIpc) is 2.75. The first kappa shape index (κ1) is 21.2. The van der Waals surface area contributed by atoms with Gasteiger partial charge in [0.1, 0.15) is 5.75 Å². The van der Waals surface area contributed by atoms with E-state index in [1.807, 2.05) is 0 Å². The molecule has 0 fully saturated rings. The summed E-state index contributed by atoms with van der Waals surface area (Å²) in [7, 11) is 4.24. The number of methoxy groups -OCH3 is 3. The Kier molecular flexibility index (Phi) is 6.58. The minimum atomic E-state index is -0.639. The Morgan fingerprint density at radius 1 is 1.00 bits per heavy atom. The first-order valence-electron chi connectivity index (χ1n) is 8.78. The number of rotatable bonds is 7. The van der Waals surface area contributed by atoms with Gasteiger partial charge < -0.3 is 24.3 Å². The van der Waals surface area contributed by atoms with Crippen LogP contribution in [0.2, 0.25) is 5.02 Å². The van der Waals surface area contributed by atoms with Crippen LogP contribution < -0.4 is 19.5 Å². The number of fused-ring (bicyclic) bond motifs is 1. The van der Waals surface area contributed by atoms with Gasteiger partial charge in [0.25, 0.3) is 5.91 Å². The van der Waals surface area contributed by atoms with E-state index >= 15 is 0 Å². The second kappa shape index (κ2) is 9.32. The number of hydrogen-bond donors (Lipinski definition) is 1. The molecule has 1 N–H and O–H groups in total. The van der Waals surface area contributed by atoms with Crippen LogP contribution in [-0.2, 0) is 9.53 Å². The van der Waals surface area contributed by atoms with Crippen LogP contribution in [0, 0.1) is 0 Å². The number of nitrogens with one attached hydrogen (secondary N) is 1. The van der Waals surface area contributed by atoms with Crippen LogP contribution in [0.1, 0.15) is 10.5 Å². The number of amides is 1. The summed E-state index contributed by atoms with van der Waals surface area (Å²) in [6, 6.07) is 11.4. The summed E-state index contributed by atoms with van der Waals surface area (Å²) in [6.07, 6.45) is 0. The molecule has 0 bridgehead atoms. The fraction of sp³-hybridized carbons (Fsp3) is 0.190. The Bertz CT molecular complexity index is 1100. The molecular formula is C21H19ClN2O6. The molecule has 1 heterocycles. The largest absolute Gasteiger partial charge is 0.493 e. The summed E-state index contributed by atoms with van der Waals surface area (Å²) in [6.45, 7) is -0.305. The highest BCUT2D eigenvalue weighted by molar-refractivity contribution is 6.30. The predicted molar refractivity (Wildman–Crippen MR) is 112 cm³/mol. The number of benzene rings is 2. The van der Waals surface area contributed by atoms with Crippen LogP contribution in [0.3, 0.4) is 0 Å². The van der Waals surface area contributed by atoms with Crippen molar-refractivity contribution in [3.05, 3.63) is 53.2 Å². The van der Waals surface area contributed by atoms with Crippen molar-refractivity contribution in [3.8, 4) is 17.2 Å². The van der Waals surface area contributed by atoms with Crippen LogP contribution in [0.5, 0.6) is 17.2 Å². The molecule has 0 aliphatic heterocycles. The first-order valence-corrected chi connectivity index (χ1v) is 9.16. The van der Waals surface area contributed by atoms with Crippen molar-refractivity contribution >= 4 is 40.1 Å². The maximum absolute atomic E-state index is 12.3. The lowest BCUT2D eigenvalue weighted by atomic mass is 10.1. The maximum atomic E-state index is 12.3. The van der Waals surface area contributed by atoms with Crippen LogP contribution in [0.25, 0.3) is 10.9 Å². The van der Waals surface area contributed by atoms with E-state index < -0.39 is 11.9 Å². The van der Waals surface area contributed by atoms with Gasteiger partial charge in [-0.05, 0) is 24.3 Å². The molecule has 0 radical (unpaired) electrons. The van der Waals surface area contributed by atoms with Gasteiger partial charge >= 0.3 is 5.97 Å². The minimum Gasteiger partial charge on any atom is -0.493 e. The monoisotopic (exact) mass is 430 g/mol. The number of ether oxygens (including phenoxy) is 4. The lowest BCUT2D eigenvalue weighted by molar-refractivity contribution is -0.118. The van der Waals surface area contributed by atoms with Gasteiger partial charge in [-0.1, -0.05) is 17.7 Å². The van der Waals surface area contributed by atoms with E-state index in [1.54, 1.807) is 36.4 Å². The fourth-order valence-corrected chi connectivity index (χ4v) is 2.95. The minimum absolute atomic E-state index is 0.0301. The normalized spacial score (nSPS) is 10.4. The summed E-state index contributed by atoms with van der Waals surface area (Å²) >= 11 is 5.93. The van der Waals surface area contributed by atoms with E-state index in [-0.39, 0.29) is 18.1 Å². The van der Waals surface area contributed by atoms with Crippen molar-refractivity contribution < 1.29 is 28.5 Å². The number of anilines is 1. The number of aromatic nitrogens is 1. The SMILES string of the molecule is COC(=O)c1cc(OCC(=O)Nc2cccc(Cl)c2)c2cc(OC)c(OC)cc2n1. The van der Waals surface area contributed by atoms with E-state index in [9.17, 15) is 9.59 Å². The Hall–Kier alpha value is -3.52. The van der Waals surface area contributed by atoms with Crippen LogP contribution in [0.15, 0.2) is 42.5 Å². The number of esters is 1. The van der Waals surface area contributed by atoms with E-state index in [0.29, 0.717) is 33.1 Å². The fourth-order valence-electron chi connectivity index (χ4n) is 2.76. The lowest BCUT2D eigenvalue weighted by Crippen LogP contribution is -2.20. The van der Waals surface area contributed by atoms with Gasteiger partial charge in [0.05, 0.1) is 26.8 Å². The molecule has 0 aliphatic rings. The highest BCUT2D eigenvalue weighted by Crippen LogP contribution is 2.36. The molecule has 156 valence electrons. The topological polar surface area (TPSA) is 96.0 Å². The lowest BCUT2D eigenvalue weighted by Gasteiger charge is -2.14. The van der Waals surface area contributed by atoms with E-state index in [1.165, 1.54) is 27.4 Å². The summed E-state index contributed by atoms with van der Waals surface area (Å²) in [5.41, 5.74) is 0.987. The van der Waals surface area contributed by atoms with Crippen LogP contribution in [-0.4, -0.2) is 44.8 Å². The smallest absolute Gasteiger partial charge is 0.356 e. The number of nitrogens with zero attached hydrogens (tertiary/aromatic N) is 1. The van der Waals surface area contributed by atoms with Crippen molar-refractivity contribution in [2.75, 3.05) is 33.3 Å². The molecule has 0 atom stereocenters. The van der Waals surface area contributed by atoms with E-state index in [4.69, 9.17) is 30.5 Å². The molecule has 9 heteroatoms. The molecule has 3 rings (SSSR count). The van der Waals surface area contributed by atoms with Crippen LogP contribution >= 0.6 is 11.6 Å². The maximum Gasteiger partial charge on any atom is 0.356 e. The molecule has 1 aromatic heterocycles. The number of carbonyl (C=O) groups is 2. The van der Waals surface area contributed by atoms with Crippen molar-refractivity contribution in [3.63, 3.8) is 0 Å². The average molecular weight is 431 g/mol. The standard InChI is InChI=1S/C21H19ClN2O6/c1-27-18-8-14-15(9-19(18)28-2)24-16(21(26)29-3)10-17(14)30-11-20(25)23-13-6-4-5-12(22)7-13/h4-10H,11H2,1-3H3,(H,23,25). The van der Waals surface area contributed by atoms with Crippen molar-refractivity contribution in [1.29, 1.82) is 0 Å². The van der Waals surface area contributed by atoms with Crippen molar-refractivity contribution in [2.45, 2.75) is 0 Å². The molecule has 0 saturated heterocycles. The van der Waals surface area contributed by atoms with Gasteiger partial charge in [0.2, 0.25) is 0 Å². The number of pyridine rings is 1. The third kappa shape index (κ3) is 4.72. The Morgan fingerprint density at radius 3 is 2.40 bits per heavy atom. The summed E-state index contributed by atoms with van der Waals surface area (Å²) in [5, 5.41) is 3.73. The molecular weight excluding hydrogens is 412 g/mol. The molecule has 2 aromatic carbocycles. The quantitative estimate of drug-likeness (QED) is 0.571. The summed E-state index contributed by atoms with van der Waals surface area (Å²) < 4.78 is 21.1. The Balaban J connectivity index is 1.92. The third-order valence-electron chi connectivity index (χ3n) is 4.14. The van der Waals surface area contributed by atoms with Crippen molar-refractivity contribution in [2.24, 2.45) is 0 Å². The number of carbonyl (C=O) groups excluding carboxylic acids is 2.